The summed E-state index contributed by atoms with van der Waals surface area (Å²) in [6, 6.07) is 0. The lowest BCUT2D eigenvalue weighted by Gasteiger charge is -2.00. The monoisotopic (exact) mass is 227 g/mol. The van der Waals surface area contributed by atoms with Gasteiger partial charge in [-0.15, -0.1) is 0 Å². The van der Waals surface area contributed by atoms with Crippen molar-refractivity contribution in [3.63, 3.8) is 0 Å². The molecule has 0 unspecified atom stereocenters. The molecule has 2 rings (SSSR count). The van der Waals surface area contributed by atoms with E-state index in [0.717, 1.165) is 0 Å². The number of rotatable bonds is 1. The topological polar surface area (TPSA) is 104 Å². The van der Waals surface area contributed by atoms with Gasteiger partial charge in [0.05, 0.1) is 17.3 Å². The minimum absolute atomic E-state index is 0.379. The van der Waals surface area contributed by atoms with Gasteiger partial charge in [0, 0.05) is 7.05 Å². The number of fused-ring (bicyclic) bond motifs is 1. The lowest BCUT2D eigenvalue weighted by Crippen LogP contribution is -2.16. The van der Waals surface area contributed by atoms with Crippen LogP contribution < -0.4 is 5.14 Å². The third-order valence-electron chi connectivity index (χ3n) is 2.02. The second-order valence-electron chi connectivity index (χ2n) is 3.14. The van der Waals surface area contributed by atoms with E-state index in [1.165, 1.54) is 4.68 Å². The van der Waals surface area contributed by atoms with Crippen molar-refractivity contribution in [1.82, 2.24) is 19.7 Å². The third kappa shape index (κ3) is 1.57. The molecule has 0 saturated heterocycles. The maximum Gasteiger partial charge on any atom is 0.273 e. The van der Waals surface area contributed by atoms with E-state index in [4.69, 9.17) is 5.14 Å². The molecule has 0 bridgehead atoms. The van der Waals surface area contributed by atoms with Gasteiger partial charge in [-0.25, -0.2) is 18.5 Å². The number of aromatic nitrogens is 4. The summed E-state index contributed by atoms with van der Waals surface area (Å²) in [6.07, 6.45) is 1.58. The minimum Gasteiger partial charge on any atom is -0.250 e. The van der Waals surface area contributed by atoms with Crippen LogP contribution in [0.5, 0.6) is 0 Å². The predicted molar refractivity (Wildman–Crippen MR) is 52.4 cm³/mol. The summed E-state index contributed by atoms with van der Waals surface area (Å²) in [5.74, 6) is 0. The quantitative estimate of drug-likeness (QED) is 0.650. The number of sulfonamides is 1. The molecule has 0 fully saturated rings. The van der Waals surface area contributed by atoms with Crippen molar-refractivity contribution in [1.29, 1.82) is 0 Å². The van der Waals surface area contributed by atoms with Crippen LogP contribution in [0.15, 0.2) is 11.4 Å². The molecule has 0 aliphatic carbocycles. The Hall–Kier alpha value is -1.54. The summed E-state index contributed by atoms with van der Waals surface area (Å²) < 4.78 is 23.6. The van der Waals surface area contributed by atoms with E-state index in [9.17, 15) is 8.42 Å². The van der Waals surface area contributed by atoms with Crippen LogP contribution in [0.2, 0.25) is 0 Å². The van der Waals surface area contributed by atoms with Crippen LogP contribution in [-0.2, 0) is 17.1 Å². The largest absolute Gasteiger partial charge is 0.273 e. The number of hydrogen-bond acceptors (Lipinski definition) is 5. The highest BCUT2D eigenvalue weighted by atomic mass is 32.2. The summed E-state index contributed by atoms with van der Waals surface area (Å²) in [4.78, 5) is 7.65. The van der Waals surface area contributed by atoms with Crippen molar-refractivity contribution >= 4 is 21.1 Å². The molecular formula is C7H9N5O2S. The lowest BCUT2D eigenvalue weighted by molar-refractivity contribution is 0.588. The molecule has 0 aromatic carbocycles. The molecule has 7 nitrogen and oxygen atoms in total. The first-order chi connectivity index (χ1) is 6.89. The summed E-state index contributed by atoms with van der Waals surface area (Å²) in [5, 5.41) is 9.25. The zero-order valence-electron chi connectivity index (χ0n) is 8.17. The summed E-state index contributed by atoms with van der Waals surface area (Å²) in [7, 11) is -2.21. The lowest BCUT2D eigenvalue weighted by atomic mass is 10.3. The molecule has 0 aliphatic rings. The number of aryl methyl sites for hydroxylation is 2. The number of hydrogen-bond donors (Lipinski definition) is 1. The normalized spacial score (nSPS) is 12.2. The Labute approximate surface area is 86.0 Å². The van der Waals surface area contributed by atoms with Crippen LogP contribution in [-0.4, -0.2) is 28.2 Å². The Kier molecular flexibility index (Phi) is 1.98. The van der Waals surface area contributed by atoms with Gasteiger partial charge < -0.3 is 0 Å². The molecule has 0 radical (unpaired) electrons. The number of nitrogens with two attached hydrogens (primary N) is 1. The van der Waals surface area contributed by atoms with Crippen molar-refractivity contribution in [2.45, 2.75) is 12.1 Å². The highest BCUT2D eigenvalue weighted by molar-refractivity contribution is 7.89. The molecule has 80 valence electrons. The summed E-state index contributed by atoms with van der Waals surface area (Å²) >= 11 is 0. The Morgan fingerprint density at radius 2 is 2.07 bits per heavy atom. The fraction of sp³-hybridized carbons (Fsp3) is 0.286. The average molecular weight is 227 g/mol. The summed E-state index contributed by atoms with van der Waals surface area (Å²) in [6.45, 7) is 1.68. The van der Waals surface area contributed by atoms with Crippen molar-refractivity contribution in [2.75, 3.05) is 0 Å². The smallest absolute Gasteiger partial charge is 0.250 e. The first-order valence-corrected chi connectivity index (χ1v) is 5.63. The highest BCUT2D eigenvalue weighted by Gasteiger charge is 2.16. The van der Waals surface area contributed by atoms with E-state index in [2.05, 4.69) is 15.1 Å². The van der Waals surface area contributed by atoms with E-state index in [1.807, 2.05) is 0 Å². The second kappa shape index (κ2) is 2.97. The molecular weight excluding hydrogens is 218 g/mol. The fourth-order valence-corrected chi connectivity index (χ4v) is 1.74. The van der Waals surface area contributed by atoms with Gasteiger partial charge in [0.15, 0.2) is 5.65 Å². The second-order valence-corrected chi connectivity index (χ2v) is 4.60. The van der Waals surface area contributed by atoms with Crippen LogP contribution in [0.25, 0.3) is 11.0 Å². The van der Waals surface area contributed by atoms with E-state index in [-0.39, 0.29) is 5.16 Å². The minimum atomic E-state index is -3.87. The van der Waals surface area contributed by atoms with Crippen LogP contribution >= 0.6 is 0 Å². The molecule has 2 N–H and O–H groups in total. The standard InChI is InChI=1S/C7H9N5O2S/c1-4-5-3-9-12(2)6(5)11-7(10-4)15(8,13)14/h3H,1-2H3,(H2,8,13,14). The molecule has 2 heterocycles. The van der Waals surface area contributed by atoms with E-state index in [0.29, 0.717) is 16.7 Å². The van der Waals surface area contributed by atoms with E-state index in [1.54, 1.807) is 20.2 Å². The van der Waals surface area contributed by atoms with Gasteiger partial charge in [-0.2, -0.15) is 10.1 Å². The van der Waals surface area contributed by atoms with Gasteiger partial charge in [-0.1, -0.05) is 0 Å². The van der Waals surface area contributed by atoms with Crippen molar-refractivity contribution < 1.29 is 8.42 Å². The fourth-order valence-electron chi connectivity index (χ4n) is 1.27. The first kappa shape index (κ1) is 9.99. The predicted octanol–water partition coefficient (Wildman–Crippen LogP) is -0.681. The Balaban J connectivity index is 2.88. The SMILES string of the molecule is Cc1nc(S(N)(=O)=O)nc2c1cnn2C. The summed E-state index contributed by atoms with van der Waals surface area (Å²) in [5.41, 5.74) is 0.989. The molecule has 2 aromatic rings. The van der Waals surface area contributed by atoms with E-state index < -0.39 is 10.0 Å². The van der Waals surface area contributed by atoms with Gasteiger partial charge in [-0.3, -0.25) is 4.68 Å². The van der Waals surface area contributed by atoms with Crippen LogP contribution in [0.4, 0.5) is 0 Å². The van der Waals surface area contributed by atoms with Gasteiger partial charge in [0.1, 0.15) is 0 Å². The zero-order chi connectivity index (χ0) is 11.2. The molecule has 8 heteroatoms. The van der Waals surface area contributed by atoms with Gasteiger partial charge in [-0.05, 0) is 6.92 Å². The number of primary sulfonamides is 1. The van der Waals surface area contributed by atoms with Crippen LogP contribution in [0, 0.1) is 6.92 Å². The average Bonchev–Trinajstić information content (AvgIpc) is 2.47. The first-order valence-electron chi connectivity index (χ1n) is 4.09. The van der Waals surface area contributed by atoms with Crippen LogP contribution in [0.3, 0.4) is 0 Å². The molecule has 0 saturated carbocycles. The molecule has 15 heavy (non-hydrogen) atoms. The molecule has 0 aliphatic heterocycles. The van der Waals surface area contributed by atoms with E-state index >= 15 is 0 Å². The zero-order valence-corrected chi connectivity index (χ0v) is 8.98. The van der Waals surface area contributed by atoms with Crippen molar-refractivity contribution in [2.24, 2.45) is 12.2 Å². The molecule has 0 amide bonds. The number of nitrogens with zero attached hydrogens (tertiary/aromatic N) is 4. The van der Waals surface area contributed by atoms with Crippen molar-refractivity contribution in [3.8, 4) is 0 Å². The van der Waals surface area contributed by atoms with Crippen molar-refractivity contribution in [3.05, 3.63) is 11.9 Å². The molecule has 0 spiro atoms. The Morgan fingerprint density at radius 3 is 2.67 bits per heavy atom. The van der Waals surface area contributed by atoms with Crippen LogP contribution in [0.1, 0.15) is 5.69 Å². The maximum atomic E-state index is 11.1. The van der Waals surface area contributed by atoms with Gasteiger partial charge in [0.2, 0.25) is 0 Å². The molecule has 0 atom stereocenters. The Bertz CT molecular complexity index is 630. The van der Waals surface area contributed by atoms with Gasteiger partial charge >= 0.3 is 0 Å². The third-order valence-corrected chi connectivity index (χ3v) is 2.71. The maximum absolute atomic E-state index is 11.1. The highest BCUT2D eigenvalue weighted by Crippen LogP contribution is 2.14. The molecule has 2 aromatic heterocycles. The Morgan fingerprint density at radius 1 is 1.40 bits per heavy atom. The van der Waals surface area contributed by atoms with Gasteiger partial charge in [0.25, 0.3) is 15.2 Å².